The minimum atomic E-state index is -3.56. The van der Waals surface area contributed by atoms with Crippen molar-refractivity contribution in [2.45, 2.75) is 62.2 Å². The second-order valence-corrected chi connectivity index (χ2v) is 13.4. The zero-order valence-corrected chi connectivity index (χ0v) is 27.5. The standard InChI is InChI=1S/C37H41N3O6S/c1-45-32-17-8-29(9-18-32)25-38-37(42)35(24-28-6-4-3-5-7-28)40(26-30-10-19-33(46-2)20-11-30)36(41)23-14-27-12-21-34(22-13-27)47(43,44)39-31-15-16-31/h3-13,17-22,31,35,39H,14-16,23-26H2,1-2H3,(H,38,42)/t35-/m0/s1. The molecule has 0 saturated heterocycles. The van der Waals surface area contributed by atoms with Crippen molar-refractivity contribution >= 4 is 21.8 Å². The first kappa shape index (κ1) is 33.7. The molecule has 0 bridgehead atoms. The van der Waals surface area contributed by atoms with E-state index in [-0.39, 0.29) is 35.7 Å². The van der Waals surface area contributed by atoms with Crippen LogP contribution in [0.2, 0.25) is 0 Å². The maximum Gasteiger partial charge on any atom is 0.243 e. The van der Waals surface area contributed by atoms with Crippen molar-refractivity contribution in [3.8, 4) is 11.5 Å². The van der Waals surface area contributed by atoms with Crippen LogP contribution in [0.5, 0.6) is 11.5 Å². The topological polar surface area (TPSA) is 114 Å². The fraction of sp³-hybridized carbons (Fsp3) is 0.297. The first-order chi connectivity index (χ1) is 22.7. The fourth-order valence-electron chi connectivity index (χ4n) is 5.25. The molecule has 0 aromatic heterocycles. The Morgan fingerprint density at radius 1 is 0.766 bits per heavy atom. The predicted molar refractivity (Wildman–Crippen MR) is 180 cm³/mol. The number of sulfonamides is 1. The number of hydrogen-bond donors (Lipinski definition) is 2. The maximum atomic E-state index is 14.1. The van der Waals surface area contributed by atoms with Crippen molar-refractivity contribution in [1.29, 1.82) is 0 Å². The lowest BCUT2D eigenvalue weighted by Crippen LogP contribution is -2.50. The van der Waals surface area contributed by atoms with E-state index in [0.717, 1.165) is 40.8 Å². The van der Waals surface area contributed by atoms with E-state index < -0.39 is 16.1 Å². The summed E-state index contributed by atoms with van der Waals surface area (Å²) in [5, 5.41) is 3.05. The number of nitrogens with zero attached hydrogens (tertiary/aromatic N) is 1. The molecule has 0 aliphatic heterocycles. The summed E-state index contributed by atoms with van der Waals surface area (Å²) in [4.78, 5) is 29.9. The Hall–Kier alpha value is -4.67. The summed E-state index contributed by atoms with van der Waals surface area (Å²) in [6.07, 6.45) is 2.58. The number of ether oxygens (including phenoxy) is 2. The fourth-order valence-corrected chi connectivity index (χ4v) is 6.56. The van der Waals surface area contributed by atoms with Gasteiger partial charge in [-0.3, -0.25) is 9.59 Å². The SMILES string of the molecule is COc1ccc(CNC(=O)[C@H](Cc2ccccc2)N(Cc2ccc(OC)cc2)C(=O)CCc2ccc(S(=O)(=O)NC3CC3)cc2)cc1. The van der Waals surface area contributed by atoms with Crippen LogP contribution in [0.15, 0.2) is 108 Å². The predicted octanol–water partition coefficient (Wildman–Crippen LogP) is 5.03. The Balaban J connectivity index is 1.36. The van der Waals surface area contributed by atoms with E-state index in [1.54, 1.807) is 43.4 Å². The summed E-state index contributed by atoms with van der Waals surface area (Å²) in [6.45, 7) is 0.518. The lowest BCUT2D eigenvalue weighted by atomic mass is 10.0. The van der Waals surface area contributed by atoms with E-state index in [2.05, 4.69) is 10.0 Å². The maximum absolute atomic E-state index is 14.1. The molecule has 2 N–H and O–H groups in total. The Morgan fingerprint density at radius 3 is 1.91 bits per heavy atom. The van der Waals surface area contributed by atoms with E-state index in [4.69, 9.17) is 9.47 Å². The molecule has 1 atom stereocenters. The lowest BCUT2D eigenvalue weighted by Gasteiger charge is -2.32. The molecule has 0 heterocycles. The van der Waals surface area contributed by atoms with Gasteiger partial charge in [-0.15, -0.1) is 0 Å². The number of carbonyl (C=O) groups excluding carboxylic acids is 2. The highest BCUT2D eigenvalue weighted by atomic mass is 32.2. The molecule has 5 rings (SSSR count). The van der Waals surface area contributed by atoms with Crippen LogP contribution in [0.4, 0.5) is 0 Å². The van der Waals surface area contributed by atoms with Crippen LogP contribution >= 0.6 is 0 Å². The van der Waals surface area contributed by atoms with E-state index in [9.17, 15) is 18.0 Å². The van der Waals surface area contributed by atoms with Crippen molar-refractivity contribution in [3.05, 3.63) is 125 Å². The zero-order chi connectivity index (χ0) is 33.2. The molecular formula is C37H41N3O6S. The van der Waals surface area contributed by atoms with Crippen LogP contribution in [0.3, 0.4) is 0 Å². The first-order valence-electron chi connectivity index (χ1n) is 15.7. The third-order valence-corrected chi connectivity index (χ3v) is 9.71. The molecule has 1 saturated carbocycles. The van der Waals surface area contributed by atoms with E-state index in [1.165, 1.54) is 0 Å². The smallest absolute Gasteiger partial charge is 0.243 e. The number of methoxy groups -OCH3 is 2. The third-order valence-electron chi connectivity index (χ3n) is 8.17. The second-order valence-electron chi connectivity index (χ2n) is 11.7. The van der Waals surface area contributed by atoms with Gasteiger partial charge in [0.05, 0.1) is 19.1 Å². The van der Waals surface area contributed by atoms with Gasteiger partial charge in [-0.25, -0.2) is 13.1 Å². The molecule has 0 unspecified atom stereocenters. The van der Waals surface area contributed by atoms with Crippen molar-refractivity contribution in [2.24, 2.45) is 0 Å². The summed E-state index contributed by atoms with van der Waals surface area (Å²) >= 11 is 0. The van der Waals surface area contributed by atoms with E-state index in [1.807, 2.05) is 78.9 Å². The van der Waals surface area contributed by atoms with Crippen LogP contribution in [-0.2, 0) is 45.5 Å². The van der Waals surface area contributed by atoms with Crippen LogP contribution < -0.4 is 19.5 Å². The number of rotatable bonds is 16. The van der Waals surface area contributed by atoms with Gasteiger partial charge in [0.15, 0.2) is 0 Å². The van der Waals surface area contributed by atoms with Gasteiger partial charge in [0.1, 0.15) is 17.5 Å². The molecule has 1 aliphatic carbocycles. The molecular weight excluding hydrogens is 614 g/mol. The molecule has 2 amide bonds. The molecule has 0 radical (unpaired) electrons. The molecule has 4 aromatic rings. The van der Waals surface area contributed by atoms with Crippen molar-refractivity contribution in [1.82, 2.24) is 14.9 Å². The van der Waals surface area contributed by atoms with Gasteiger partial charge in [-0.2, -0.15) is 0 Å². The summed E-state index contributed by atoms with van der Waals surface area (Å²) in [5.41, 5.74) is 3.53. The first-order valence-corrected chi connectivity index (χ1v) is 17.2. The molecule has 246 valence electrons. The Bertz CT molecular complexity index is 1720. The van der Waals surface area contributed by atoms with Gasteiger partial charge in [0, 0.05) is 32.0 Å². The summed E-state index contributed by atoms with van der Waals surface area (Å²) in [5.74, 6) is 0.977. The Morgan fingerprint density at radius 2 is 1.34 bits per heavy atom. The van der Waals surface area contributed by atoms with Crippen LogP contribution in [0, 0.1) is 0 Å². The minimum Gasteiger partial charge on any atom is -0.497 e. The highest BCUT2D eigenvalue weighted by Crippen LogP contribution is 2.23. The molecule has 1 fully saturated rings. The number of carbonyl (C=O) groups is 2. The highest BCUT2D eigenvalue weighted by Gasteiger charge is 2.31. The normalized spacial score (nSPS) is 13.4. The monoisotopic (exact) mass is 655 g/mol. The molecule has 47 heavy (non-hydrogen) atoms. The summed E-state index contributed by atoms with van der Waals surface area (Å²) < 4.78 is 38.5. The average Bonchev–Trinajstić information content (AvgIpc) is 3.92. The number of amides is 2. The molecule has 9 nitrogen and oxygen atoms in total. The quantitative estimate of drug-likeness (QED) is 0.175. The van der Waals surface area contributed by atoms with Gasteiger partial charge < -0.3 is 19.7 Å². The van der Waals surface area contributed by atoms with Crippen LogP contribution in [0.25, 0.3) is 0 Å². The average molecular weight is 656 g/mol. The van der Waals surface area contributed by atoms with Crippen LogP contribution in [-0.4, -0.2) is 51.4 Å². The lowest BCUT2D eigenvalue weighted by molar-refractivity contribution is -0.141. The molecule has 4 aromatic carbocycles. The van der Waals surface area contributed by atoms with Crippen molar-refractivity contribution in [3.63, 3.8) is 0 Å². The molecule has 10 heteroatoms. The Labute approximate surface area is 277 Å². The number of benzene rings is 4. The molecule has 1 aliphatic rings. The number of nitrogens with one attached hydrogen (secondary N) is 2. The van der Waals surface area contributed by atoms with Crippen LogP contribution in [0.1, 0.15) is 41.5 Å². The summed E-state index contributed by atoms with van der Waals surface area (Å²) in [6, 6.07) is 30.4. The van der Waals surface area contributed by atoms with Gasteiger partial charge in [-0.05, 0) is 77.9 Å². The Kier molecular flexibility index (Phi) is 11.3. The van der Waals surface area contributed by atoms with Gasteiger partial charge >= 0.3 is 0 Å². The zero-order valence-electron chi connectivity index (χ0n) is 26.7. The third kappa shape index (κ3) is 9.67. The van der Waals surface area contributed by atoms with E-state index >= 15 is 0 Å². The second kappa shape index (κ2) is 15.8. The van der Waals surface area contributed by atoms with Gasteiger partial charge in [0.25, 0.3) is 0 Å². The number of hydrogen-bond acceptors (Lipinski definition) is 6. The molecule has 0 spiro atoms. The minimum absolute atomic E-state index is 0.0197. The summed E-state index contributed by atoms with van der Waals surface area (Å²) in [7, 11) is -0.362. The largest absolute Gasteiger partial charge is 0.497 e. The van der Waals surface area contributed by atoms with Crippen molar-refractivity contribution < 1.29 is 27.5 Å². The van der Waals surface area contributed by atoms with E-state index in [0.29, 0.717) is 25.1 Å². The number of aryl methyl sites for hydroxylation is 1. The van der Waals surface area contributed by atoms with Gasteiger partial charge in [-0.1, -0.05) is 66.7 Å². The van der Waals surface area contributed by atoms with Gasteiger partial charge in [0.2, 0.25) is 21.8 Å². The highest BCUT2D eigenvalue weighted by molar-refractivity contribution is 7.89. The van der Waals surface area contributed by atoms with Crippen molar-refractivity contribution in [2.75, 3.05) is 14.2 Å².